The van der Waals surface area contributed by atoms with Gasteiger partial charge in [0, 0.05) is 39.3 Å². The van der Waals surface area contributed by atoms with Gasteiger partial charge in [-0.25, -0.2) is 0 Å². The molecule has 1 unspecified atom stereocenters. The molecule has 0 radical (unpaired) electrons. The zero-order valence-electron chi connectivity index (χ0n) is 12.3. The Balaban J connectivity index is 1.47. The maximum absolute atomic E-state index is 5.68. The van der Waals surface area contributed by atoms with Crippen LogP contribution in [-0.2, 0) is 11.3 Å². The van der Waals surface area contributed by atoms with Gasteiger partial charge in [-0.15, -0.1) is 0 Å². The number of benzene rings is 1. The Labute approximate surface area is 121 Å². The quantitative estimate of drug-likeness (QED) is 0.890. The molecule has 1 atom stereocenters. The van der Waals surface area contributed by atoms with Crippen LogP contribution in [-0.4, -0.2) is 62.7 Å². The molecule has 0 bridgehead atoms. The van der Waals surface area contributed by atoms with Gasteiger partial charge in [-0.2, -0.15) is 0 Å². The number of fused-ring (bicyclic) bond motifs is 1. The minimum absolute atomic E-state index is 0.354. The van der Waals surface area contributed by atoms with Crippen molar-refractivity contribution in [3.63, 3.8) is 0 Å². The summed E-state index contributed by atoms with van der Waals surface area (Å²) in [5.74, 6) is 0. The molecule has 2 aliphatic heterocycles. The van der Waals surface area contributed by atoms with Crippen LogP contribution in [0.25, 0.3) is 0 Å². The van der Waals surface area contributed by atoms with Gasteiger partial charge >= 0.3 is 0 Å². The van der Waals surface area contributed by atoms with Crippen molar-refractivity contribution in [2.45, 2.75) is 12.6 Å². The maximum atomic E-state index is 5.68. The van der Waals surface area contributed by atoms with Crippen molar-refractivity contribution in [1.29, 1.82) is 0 Å². The van der Waals surface area contributed by atoms with E-state index in [0.717, 1.165) is 26.3 Å². The third-order valence-corrected chi connectivity index (χ3v) is 4.39. The number of hydrogen-bond acceptors (Lipinski definition) is 4. The van der Waals surface area contributed by atoms with E-state index in [1.54, 1.807) is 0 Å². The van der Waals surface area contributed by atoms with Crippen LogP contribution in [0.5, 0.6) is 0 Å². The highest BCUT2D eigenvalue weighted by Gasteiger charge is 2.20. The van der Waals surface area contributed by atoms with E-state index >= 15 is 0 Å². The van der Waals surface area contributed by atoms with Gasteiger partial charge in [0.15, 0.2) is 0 Å². The standard InChI is InChI=1S/C16H25N3O/c1-18-8-10-19(11-9-18)7-6-17-16-13-20-12-14-4-2-3-5-15(14)16/h2-5,16-17H,6-13H2,1H3. The zero-order valence-corrected chi connectivity index (χ0v) is 12.3. The molecule has 0 aliphatic carbocycles. The lowest BCUT2D eigenvalue weighted by Gasteiger charge is -2.33. The highest BCUT2D eigenvalue weighted by Crippen LogP contribution is 2.24. The Morgan fingerprint density at radius 1 is 1.20 bits per heavy atom. The summed E-state index contributed by atoms with van der Waals surface area (Å²) in [6.07, 6.45) is 0. The topological polar surface area (TPSA) is 27.7 Å². The van der Waals surface area contributed by atoms with Crippen LogP contribution in [0.15, 0.2) is 24.3 Å². The van der Waals surface area contributed by atoms with Crippen LogP contribution in [0, 0.1) is 0 Å². The molecule has 1 fully saturated rings. The first-order chi connectivity index (χ1) is 9.83. The second-order valence-corrected chi connectivity index (χ2v) is 5.87. The summed E-state index contributed by atoms with van der Waals surface area (Å²) in [4.78, 5) is 4.94. The van der Waals surface area contributed by atoms with Crippen molar-refractivity contribution < 1.29 is 4.74 Å². The van der Waals surface area contributed by atoms with Crippen LogP contribution in [0.4, 0.5) is 0 Å². The number of ether oxygens (including phenoxy) is 1. The molecule has 0 aromatic heterocycles. The van der Waals surface area contributed by atoms with Gasteiger partial charge in [0.2, 0.25) is 0 Å². The molecule has 3 rings (SSSR count). The summed E-state index contributed by atoms with van der Waals surface area (Å²) in [6.45, 7) is 8.47. The van der Waals surface area contributed by atoms with E-state index in [9.17, 15) is 0 Å². The second kappa shape index (κ2) is 6.68. The van der Waals surface area contributed by atoms with Crippen molar-refractivity contribution in [3.05, 3.63) is 35.4 Å². The fraction of sp³-hybridized carbons (Fsp3) is 0.625. The normalized spacial score (nSPS) is 24.6. The van der Waals surface area contributed by atoms with Gasteiger partial charge in [-0.1, -0.05) is 24.3 Å². The summed E-state index contributed by atoms with van der Waals surface area (Å²) < 4.78 is 5.68. The highest BCUT2D eigenvalue weighted by atomic mass is 16.5. The second-order valence-electron chi connectivity index (χ2n) is 5.87. The van der Waals surface area contributed by atoms with E-state index in [2.05, 4.69) is 46.4 Å². The highest BCUT2D eigenvalue weighted by molar-refractivity contribution is 5.30. The number of rotatable bonds is 4. The molecule has 20 heavy (non-hydrogen) atoms. The monoisotopic (exact) mass is 275 g/mol. The molecule has 4 heteroatoms. The first-order valence-electron chi connectivity index (χ1n) is 7.63. The van der Waals surface area contributed by atoms with Gasteiger partial charge in [0.05, 0.1) is 19.3 Å². The summed E-state index contributed by atoms with van der Waals surface area (Å²) in [5, 5.41) is 3.66. The lowest BCUT2D eigenvalue weighted by atomic mass is 9.99. The summed E-state index contributed by atoms with van der Waals surface area (Å²) >= 11 is 0. The molecule has 4 nitrogen and oxygen atoms in total. The molecule has 0 saturated carbocycles. The van der Waals surface area contributed by atoms with Crippen LogP contribution < -0.4 is 5.32 Å². The Hall–Kier alpha value is -0.940. The predicted octanol–water partition coefficient (Wildman–Crippen LogP) is 1.09. The molecule has 1 saturated heterocycles. The first-order valence-corrected chi connectivity index (χ1v) is 7.63. The van der Waals surface area contributed by atoms with Crippen molar-refractivity contribution in [3.8, 4) is 0 Å². The molecule has 1 N–H and O–H groups in total. The Morgan fingerprint density at radius 2 is 2.00 bits per heavy atom. The van der Waals surface area contributed by atoms with E-state index in [1.165, 1.54) is 37.3 Å². The number of piperazine rings is 1. The van der Waals surface area contributed by atoms with E-state index < -0.39 is 0 Å². The average molecular weight is 275 g/mol. The van der Waals surface area contributed by atoms with Gasteiger partial charge in [-0.3, -0.25) is 4.90 Å². The molecule has 0 spiro atoms. The van der Waals surface area contributed by atoms with Gasteiger partial charge in [0.25, 0.3) is 0 Å². The minimum atomic E-state index is 0.354. The first kappa shape index (κ1) is 14.0. The van der Waals surface area contributed by atoms with E-state index in [4.69, 9.17) is 4.74 Å². The lowest BCUT2D eigenvalue weighted by Crippen LogP contribution is -2.47. The third-order valence-electron chi connectivity index (χ3n) is 4.39. The fourth-order valence-electron chi connectivity index (χ4n) is 3.02. The van der Waals surface area contributed by atoms with Gasteiger partial charge in [-0.05, 0) is 18.2 Å². The fourth-order valence-corrected chi connectivity index (χ4v) is 3.02. The summed E-state index contributed by atoms with van der Waals surface area (Å²) in [5.41, 5.74) is 2.74. The van der Waals surface area contributed by atoms with Crippen molar-refractivity contribution in [2.75, 3.05) is 52.9 Å². The molecular formula is C16H25N3O. The molecular weight excluding hydrogens is 250 g/mol. The summed E-state index contributed by atoms with van der Waals surface area (Å²) in [6, 6.07) is 8.97. The van der Waals surface area contributed by atoms with Crippen LogP contribution in [0.3, 0.4) is 0 Å². The number of nitrogens with one attached hydrogen (secondary N) is 1. The van der Waals surface area contributed by atoms with Crippen LogP contribution in [0.1, 0.15) is 17.2 Å². The molecule has 110 valence electrons. The Kier molecular flexibility index (Phi) is 4.68. The Bertz CT molecular complexity index is 429. The Morgan fingerprint density at radius 3 is 2.85 bits per heavy atom. The van der Waals surface area contributed by atoms with Crippen molar-refractivity contribution in [1.82, 2.24) is 15.1 Å². The zero-order chi connectivity index (χ0) is 13.8. The van der Waals surface area contributed by atoms with Gasteiger partial charge < -0.3 is 15.0 Å². The SMILES string of the molecule is CN1CCN(CCNC2COCc3ccccc32)CC1. The number of likely N-dealkylation sites (N-methyl/N-ethyl adjacent to an activating group) is 1. The van der Waals surface area contributed by atoms with E-state index in [1.807, 2.05) is 0 Å². The predicted molar refractivity (Wildman–Crippen MR) is 80.8 cm³/mol. The minimum Gasteiger partial charge on any atom is -0.375 e. The van der Waals surface area contributed by atoms with Crippen molar-refractivity contribution >= 4 is 0 Å². The summed E-state index contributed by atoms with van der Waals surface area (Å²) in [7, 11) is 2.20. The van der Waals surface area contributed by atoms with E-state index in [-0.39, 0.29) is 0 Å². The number of hydrogen-bond donors (Lipinski definition) is 1. The third kappa shape index (κ3) is 3.38. The molecule has 0 amide bonds. The number of nitrogens with zero attached hydrogens (tertiary/aromatic N) is 2. The largest absolute Gasteiger partial charge is 0.375 e. The van der Waals surface area contributed by atoms with E-state index in [0.29, 0.717) is 6.04 Å². The van der Waals surface area contributed by atoms with Gasteiger partial charge in [0.1, 0.15) is 0 Å². The molecule has 1 aromatic carbocycles. The molecule has 2 aliphatic rings. The van der Waals surface area contributed by atoms with Crippen LogP contribution in [0.2, 0.25) is 0 Å². The van der Waals surface area contributed by atoms with Crippen LogP contribution >= 0.6 is 0 Å². The average Bonchev–Trinajstić information content (AvgIpc) is 2.49. The van der Waals surface area contributed by atoms with Crippen molar-refractivity contribution in [2.24, 2.45) is 0 Å². The lowest BCUT2D eigenvalue weighted by molar-refractivity contribution is 0.0800. The maximum Gasteiger partial charge on any atom is 0.0721 e. The molecule has 1 aromatic rings. The molecule has 2 heterocycles. The smallest absolute Gasteiger partial charge is 0.0721 e.